The van der Waals surface area contributed by atoms with Crippen molar-refractivity contribution in [2.45, 2.75) is 103 Å². The fraction of sp³-hybridized carbons (Fsp3) is 0.277. The number of hydrogen-bond donors (Lipinski definition) is 2. The number of halogens is 3. The summed E-state index contributed by atoms with van der Waals surface area (Å²) in [4.78, 5) is 101. The first-order valence-corrected chi connectivity index (χ1v) is 38.2. The van der Waals surface area contributed by atoms with Crippen molar-refractivity contribution < 1.29 is 61.3 Å². The Bertz CT molecular complexity index is 5260. The number of ketones is 3. The number of carboxylic acids is 1. The van der Waals surface area contributed by atoms with Gasteiger partial charge in [-0.1, -0.05) is 18.2 Å². The first kappa shape index (κ1) is 73.1. The van der Waals surface area contributed by atoms with E-state index in [1.54, 1.807) is 97.6 Å². The number of benzene rings is 3. The summed E-state index contributed by atoms with van der Waals surface area (Å²) >= 11 is 4.26. The SMILES string of the molecule is C1CCNC1.O=C(Cc1ccc(Oc2ccnc3cc(-c4ccc(C(=O)N5CCCC5)cn4)sc23)c(F)c1)CC1CC1.O=C(Cc1ccc(Oc2ccnc3cc(-c4ccc(C(=O)O)cn4)sc23)c(F)c1)CC1CC1.O=Cc1ccc(-c2cc3nccc(Oc4ccc(CC(=O)CC5CC5)cc4F)c3s2)nc1. The van der Waals surface area contributed by atoms with Crippen LogP contribution in [0.4, 0.5) is 13.2 Å². The summed E-state index contributed by atoms with van der Waals surface area (Å²) in [6.45, 7) is 4.10. The number of fused-ring (bicyclic) bond motifs is 3. The Morgan fingerprint density at radius 3 is 1.13 bits per heavy atom. The zero-order valence-electron chi connectivity index (χ0n) is 58.2. The number of aldehydes is 1. The van der Waals surface area contributed by atoms with E-state index >= 15 is 0 Å². The lowest BCUT2D eigenvalue weighted by molar-refractivity contribution is -0.119. The molecule has 24 heteroatoms. The number of hydrogen-bond acceptors (Lipinski definition) is 19. The van der Waals surface area contributed by atoms with Crippen LogP contribution in [0.25, 0.3) is 62.4 Å². The van der Waals surface area contributed by atoms with Gasteiger partial charge in [-0.3, -0.25) is 53.9 Å². The number of carbonyl (C=O) groups excluding carboxylic acids is 5. The molecule has 12 aromatic rings. The summed E-state index contributed by atoms with van der Waals surface area (Å²) in [6, 6.07) is 35.0. The lowest BCUT2D eigenvalue weighted by atomic mass is 10.0. The first-order valence-electron chi connectivity index (χ1n) is 35.8. The molecule has 2 aliphatic heterocycles. The van der Waals surface area contributed by atoms with Gasteiger partial charge in [-0.05, 0) is 203 Å². The molecule has 3 aromatic carbocycles. The van der Waals surface area contributed by atoms with E-state index in [9.17, 15) is 41.9 Å². The highest BCUT2D eigenvalue weighted by Crippen LogP contribution is 2.44. The molecule has 18 nitrogen and oxygen atoms in total. The van der Waals surface area contributed by atoms with Crippen LogP contribution in [0.5, 0.6) is 34.5 Å². The largest absolute Gasteiger partial charge is 0.478 e. The summed E-state index contributed by atoms with van der Waals surface area (Å²) in [6.07, 6.45) is 24.1. The van der Waals surface area contributed by atoms with Gasteiger partial charge in [-0.2, -0.15) is 0 Å². The Hall–Kier alpha value is -10.8. The minimum absolute atomic E-state index is 0.0190. The number of likely N-dealkylation sites (tertiary alicyclic amines) is 1. The van der Waals surface area contributed by atoms with Crippen molar-refractivity contribution in [3.05, 3.63) is 215 Å². The molecule has 3 aliphatic carbocycles. The van der Waals surface area contributed by atoms with Crippen LogP contribution in [-0.4, -0.2) is 102 Å². The lowest BCUT2D eigenvalue weighted by Gasteiger charge is -2.14. The topological polar surface area (TPSA) is 243 Å². The molecule has 9 aromatic heterocycles. The second-order valence-electron chi connectivity index (χ2n) is 27.3. The van der Waals surface area contributed by atoms with Crippen LogP contribution in [0, 0.1) is 35.2 Å². The molecule has 0 bridgehead atoms. The van der Waals surface area contributed by atoms with E-state index < -0.39 is 23.4 Å². The van der Waals surface area contributed by atoms with Crippen LogP contribution >= 0.6 is 34.0 Å². The van der Waals surface area contributed by atoms with Gasteiger partial charge in [-0.25, -0.2) is 18.0 Å². The normalized spacial score (nSPS) is 14.5. The highest BCUT2D eigenvalue weighted by Gasteiger charge is 2.28. The zero-order chi connectivity index (χ0) is 73.9. The second kappa shape index (κ2) is 33.8. The minimum atomic E-state index is -1.04. The Morgan fingerprint density at radius 1 is 0.449 bits per heavy atom. The molecule has 107 heavy (non-hydrogen) atoms. The zero-order valence-corrected chi connectivity index (χ0v) is 60.6. The van der Waals surface area contributed by atoms with Crippen LogP contribution in [-0.2, 0) is 33.6 Å². The molecule has 0 radical (unpaired) electrons. The van der Waals surface area contributed by atoms with Crippen LogP contribution < -0.4 is 19.5 Å². The van der Waals surface area contributed by atoms with E-state index in [2.05, 4.69) is 35.2 Å². The lowest BCUT2D eigenvalue weighted by Crippen LogP contribution is -2.27. The number of Topliss-reactive ketones (excluding diaryl/α,β-unsaturated/α-hetero) is 3. The van der Waals surface area contributed by atoms with Gasteiger partial charge < -0.3 is 29.5 Å². The van der Waals surface area contributed by atoms with Crippen molar-refractivity contribution in [3.63, 3.8) is 0 Å². The standard InChI is InChI=1S/C29H26FN3O3S.C25H19FN2O4S.C25H19FN2O3S.C4H9N/c30-22-15-19(14-21(34)13-18-3-4-18)5-8-25(22)36-26-9-10-31-24-16-27(37-28(24)26)23-7-6-20(17-32-23)29(35)33-11-1-2-12-33;26-18-11-15(10-17(29)9-14-1-2-14)3-6-21(18)32-22-7-8-27-20-12-23(33-24(20)22)19-5-4-16(13-28-19)25(30)31;26-19-11-16(10-18(30)9-15-1-2-15)4-6-22(19)31-23-7-8-27-21-12-24(32-25(21)23)20-5-3-17(14-29)13-28-20;1-2-4-5-3-1/h5-10,15-18H,1-4,11-14H2;3-8,11-14H,1-2,9-10H2,(H,30,31);3-8,11-15H,1-2,9-10H2;5H,1-4H2. The maximum absolute atomic E-state index is 14.9. The monoisotopic (exact) mass is 1490 g/mol. The molecule has 3 saturated carbocycles. The molecule has 544 valence electrons. The molecule has 1 amide bonds. The summed E-state index contributed by atoms with van der Waals surface area (Å²) in [5.41, 5.74) is 7.32. The Morgan fingerprint density at radius 2 is 0.822 bits per heavy atom. The third kappa shape index (κ3) is 19.3. The maximum atomic E-state index is 14.9. The van der Waals surface area contributed by atoms with E-state index in [0.717, 1.165) is 116 Å². The average Bonchev–Trinajstić information content (AvgIpc) is 1.67. The quantitative estimate of drug-likeness (QED) is 0.0534. The fourth-order valence-electron chi connectivity index (χ4n) is 12.4. The van der Waals surface area contributed by atoms with Crippen LogP contribution in [0.2, 0.25) is 0 Å². The molecule has 5 fully saturated rings. The number of pyridine rings is 6. The number of ether oxygens (including phenoxy) is 3. The molecular weight excluding hydrogens is 1420 g/mol. The Labute approximate surface area is 626 Å². The van der Waals surface area contributed by atoms with E-state index in [0.29, 0.717) is 98.8 Å². The van der Waals surface area contributed by atoms with Gasteiger partial charge >= 0.3 is 5.97 Å². The predicted octanol–water partition coefficient (Wildman–Crippen LogP) is 18.7. The fourth-order valence-corrected chi connectivity index (χ4v) is 15.6. The van der Waals surface area contributed by atoms with Gasteiger partial charge in [0.15, 0.2) is 41.0 Å². The molecule has 11 heterocycles. The number of amides is 1. The molecule has 0 atom stereocenters. The van der Waals surface area contributed by atoms with Crippen molar-refractivity contribution >= 4 is 100 Å². The van der Waals surface area contributed by atoms with Crippen molar-refractivity contribution in [1.82, 2.24) is 40.1 Å². The number of carbonyl (C=O) groups is 6. The van der Waals surface area contributed by atoms with Gasteiger partial charge in [0, 0.05) is 113 Å². The van der Waals surface area contributed by atoms with Gasteiger partial charge in [0.1, 0.15) is 34.6 Å². The van der Waals surface area contributed by atoms with E-state index in [-0.39, 0.29) is 65.3 Å². The number of rotatable bonds is 24. The highest BCUT2D eigenvalue weighted by molar-refractivity contribution is 7.23. The molecule has 2 saturated heterocycles. The van der Waals surface area contributed by atoms with Crippen LogP contribution in [0.1, 0.15) is 131 Å². The van der Waals surface area contributed by atoms with Crippen LogP contribution in [0.15, 0.2) is 165 Å². The summed E-state index contributed by atoms with van der Waals surface area (Å²) < 4.78 is 64.3. The van der Waals surface area contributed by atoms with E-state index in [1.165, 1.54) is 96.6 Å². The highest BCUT2D eigenvalue weighted by atomic mass is 32.1. The molecule has 2 N–H and O–H groups in total. The minimum Gasteiger partial charge on any atom is -0.478 e. The molecular formula is C83H73F3N8O10S3. The third-order valence-electron chi connectivity index (χ3n) is 18.7. The summed E-state index contributed by atoms with van der Waals surface area (Å²) in [5.74, 6) is 1.16. The number of aromatic carboxylic acids is 1. The van der Waals surface area contributed by atoms with Crippen molar-refractivity contribution in [1.29, 1.82) is 0 Å². The van der Waals surface area contributed by atoms with Crippen molar-refractivity contribution in [2.24, 2.45) is 17.8 Å². The second-order valence-corrected chi connectivity index (χ2v) is 30.5. The number of carboxylic acid groups (broad SMARTS) is 1. The molecule has 0 spiro atoms. The van der Waals surface area contributed by atoms with Crippen LogP contribution in [0.3, 0.4) is 0 Å². The molecule has 0 unspecified atom stereocenters. The Kier molecular flexibility index (Phi) is 23.1. The Balaban J connectivity index is 0.000000130. The summed E-state index contributed by atoms with van der Waals surface area (Å²) in [5, 5.41) is 12.3. The number of nitrogens with one attached hydrogen (secondary N) is 1. The van der Waals surface area contributed by atoms with Gasteiger partial charge in [0.2, 0.25) is 0 Å². The van der Waals surface area contributed by atoms with Gasteiger partial charge in [-0.15, -0.1) is 34.0 Å². The number of aromatic nitrogens is 6. The van der Waals surface area contributed by atoms with E-state index in [1.807, 2.05) is 35.2 Å². The maximum Gasteiger partial charge on any atom is 0.337 e. The summed E-state index contributed by atoms with van der Waals surface area (Å²) in [7, 11) is 0. The third-order valence-corrected chi connectivity index (χ3v) is 22.2. The van der Waals surface area contributed by atoms with Gasteiger partial charge in [0.05, 0.1) is 73.5 Å². The number of nitrogens with zero attached hydrogens (tertiary/aromatic N) is 7. The predicted molar refractivity (Wildman–Crippen MR) is 406 cm³/mol. The molecule has 17 rings (SSSR count). The van der Waals surface area contributed by atoms with Gasteiger partial charge in [0.25, 0.3) is 5.91 Å². The van der Waals surface area contributed by atoms with Crippen molar-refractivity contribution in [3.8, 4) is 66.2 Å². The average molecular weight is 1500 g/mol. The van der Waals surface area contributed by atoms with Crippen molar-refractivity contribution in [2.75, 3.05) is 26.2 Å². The number of thiophene rings is 3. The van der Waals surface area contributed by atoms with E-state index in [4.69, 9.17) is 19.3 Å². The smallest absolute Gasteiger partial charge is 0.337 e. The molecule has 5 aliphatic rings. The first-order chi connectivity index (χ1) is 52.1.